The van der Waals surface area contributed by atoms with Crippen molar-refractivity contribution >= 4 is 17.6 Å². The topological polar surface area (TPSA) is 99.8 Å². The summed E-state index contributed by atoms with van der Waals surface area (Å²) >= 11 is 0. The highest BCUT2D eigenvalue weighted by atomic mass is 16.2. The Bertz CT molecular complexity index is 1060. The lowest BCUT2D eigenvalue weighted by Crippen LogP contribution is -2.37. The molecule has 0 fully saturated rings. The molecule has 0 unspecified atom stereocenters. The second-order valence-electron chi connectivity index (χ2n) is 6.13. The van der Waals surface area contributed by atoms with E-state index in [1.54, 1.807) is 16.8 Å². The average molecular weight is 357 g/mol. The van der Waals surface area contributed by atoms with E-state index in [9.17, 15) is 9.59 Å². The standard InChI is InChI=1S/C20H15N5O2/c21-11-13-6-8-14(9-7-13)12-22-19-18-16(10-17(26)23-20(18)27)24-25(19)15-4-2-1-3-5-15/h1-9,22H,10,12H2,(H,23,26,27). The van der Waals surface area contributed by atoms with Crippen LogP contribution in [0.25, 0.3) is 5.69 Å². The van der Waals surface area contributed by atoms with Crippen molar-refractivity contribution in [3.05, 3.63) is 77.0 Å². The number of anilines is 1. The Kier molecular flexibility index (Phi) is 4.15. The fourth-order valence-corrected chi connectivity index (χ4v) is 3.01. The van der Waals surface area contributed by atoms with Crippen LogP contribution in [0.3, 0.4) is 0 Å². The zero-order valence-corrected chi connectivity index (χ0v) is 14.3. The molecule has 1 aromatic heterocycles. The van der Waals surface area contributed by atoms with Gasteiger partial charge in [-0.25, -0.2) is 4.68 Å². The molecule has 1 aliphatic heterocycles. The minimum absolute atomic E-state index is 0.0620. The van der Waals surface area contributed by atoms with Crippen molar-refractivity contribution in [3.8, 4) is 11.8 Å². The van der Waals surface area contributed by atoms with E-state index in [1.165, 1.54) is 0 Å². The summed E-state index contributed by atoms with van der Waals surface area (Å²) in [7, 11) is 0. The molecule has 0 saturated carbocycles. The first-order chi connectivity index (χ1) is 13.2. The molecule has 1 aliphatic rings. The second-order valence-corrected chi connectivity index (χ2v) is 6.13. The van der Waals surface area contributed by atoms with Gasteiger partial charge in [-0.3, -0.25) is 14.9 Å². The Morgan fingerprint density at radius 1 is 1.11 bits per heavy atom. The van der Waals surface area contributed by atoms with Crippen LogP contribution in [0.1, 0.15) is 27.2 Å². The molecule has 0 radical (unpaired) electrons. The number of aromatic nitrogens is 2. The third-order valence-electron chi connectivity index (χ3n) is 4.31. The Hall–Kier alpha value is -3.92. The first-order valence-corrected chi connectivity index (χ1v) is 8.40. The van der Waals surface area contributed by atoms with Gasteiger partial charge in [-0.2, -0.15) is 10.4 Å². The van der Waals surface area contributed by atoms with Crippen molar-refractivity contribution in [2.75, 3.05) is 5.32 Å². The van der Waals surface area contributed by atoms with Gasteiger partial charge < -0.3 is 5.32 Å². The molecule has 0 aliphatic carbocycles. The van der Waals surface area contributed by atoms with Gasteiger partial charge in [0.05, 0.1) is 29.4 Å². The number of carbonyl (C=O) groups excluding carboxylic acids is 2. The number of hydrogen-bond acceptors (Lipinski definition) is 5. The highest BCUT2D eigenvalue weighted by Gasteiger charge is 2.31. The van der Waals surface area contributed by atoms with Crippen LogP contribution in [0.4, 0.5) is 5.82 Å². The smallest absolute Gasteiger partial charge is 0.263 e. The average Bonchev–Trinajstić information content (AvgIpc) is 3.06. The van der Waals surface area contributed by atoms with E-state index in [-0.39, 0.29) is 12.3 Å². The molecule has 7 heteroatoms. The van der Waals surface area contributed by atoms with Gasteiger partial charge >= 0.3 is 0 Å². The Balaban J connectivity index is 1.72. The Morgan fingerprint density at radius 3 is 2.56 bits per heavy atom. The van der Waals surface area contributed by atoms with Crippen molar-refractivity contribution in [1.29, 1.82) is 5.26 Å². The van der Waals surface area contributed by atoms with Crippen LogP contribution in [0.5, 0.6) is 0 Å². The molecule has 0 saturated heterocycles. The number of para-hydroxylation sites is 1. The van der Waals surface area contributed by atoms with E-state index < -0.39 is 5.91 Å². The van der Waals surface area contributed by atoms with E-state index in [2.05, 4.69) is 21.8 Å². The fraction of sp³-hybridized carbons (Fsp3) is 0.100. The minimum atomic E-state index is -0.453. The maximum Gasteiger partial charge on any atom is 0.263 e. The molecule has 0 spiro atoms. The number of carbonyl (C=O) groups is 2. The SMILES string of the molecule is N#Cc1ccc(CNc2c3c(nn2-c2ccccc2)CC(=O)NC3=O)cc1. The van der Waals surface area contributed by atoms with Crippen molar-refractivity contribution in [1.82, 2.24) is 15.1 Å². The predicted octanol–water partition coefficient (Wildman–Crippen LogP) is 2.17. The molecule has 2 N–H and O–H groups in total. The molecular formula is C20H15N5O2. The van der Waals surface area contributed by atoms with Crippen LogP contribution in [0, 0.1) is 11.3 Å². The highest BCUT2D eigenvalue weighted by Crippen LogP contribution is 2.27. The molecule has 4 rings (SSSR count). The molecular weight excluding hydrogens is 342 g/mol. The van der Waals surface area contributed by atoms with Gasteiger partial charge in [0.25, 0.3) is 5.91 Å². The second kappa shape index (κ2) is 6.77. The molecule has 0 bridgehead atoms. The van der Waals surface area contributed by atoms with E-state index in [4.69, 9.17) is 5.26 Å². The van der Waals surface area contributed by atoms with Crippen molar-refractivity contribution in [2.24, 2.45) is 0 Å². The maximum atomic E-state index is 12.4. The monoisotopic (exact) mass is 357 g/mol. The van der Waals surface area contributed by atoms with E-state index >= 15 is 0 Å². The first kappa shape index (κ1) is 16.5. The van der Waals surface area contributed by atoms with Crippen LogP contribution in [-0.2, 0) is 17.8 Å². The summed E-state index contributed by atoms with van der Waals surface area (Å²) in [4.78, 5) is 24.1. The molecule has 27 heavy (non-hydrogen) atoms. The van der Waals surface area contributed by atoms with Gasteiger partial charge in [-0.15, -0.1) is 0 Å². The number of imide groups is 1. The lowest BCUT2D eigenvalue weighted by molar-refractivity contribution is -0.119. The van der Waals surface area contributed by atoms with Gasteiger partial charge in [0.2, 0.25) is 5.91 Å². The maximum absolute atomic E-state index is 12.4. The third kappa shape index (κ3) is 3.16. The normalized spacial score (nSPS) is 12.9. The van der Waals surface area contributed by atoms with Crippen LogP contribution in [0.15, 0.2) is 54.6 Å². The summed E-state index contributed by atoms with van der Waals surface area (Å²) in [6, 6.07) is 18.7. The molecule has 132 valence electrons. The van der Waals surface area contributed by atoms with Crippen LogP contribution < -0.4 is 10.6 Å². The fourth-order valence-electron chi connectivity index (χ4n) is 3.01. The zero-order chi connectivity index (χ0) is 18.8. The van der Waals surface area contributed by atoms with Crippen molar-refractivity contribution in [2.45, 2.75) is 13.0 Å². The first-order valence-electron chi connectivity index (χ1n) is 8.40. The van der Waals surface area contributed by atoms with Crippen molar-refractivity contribution in [3.63, 3.8) is 0 Å². The number of rotatable bonds is 4. The highest BCUT2D eigenvalue weighted by molar-refractivity contribution is 6.12. The molecule has 3 aromatic rings. The van der Waals surface area contributed by atoms with E-state index in [1.807, 2.05) is 42.5 Å². The van der Waals surface area contributed by atoms with Crippen LogP contribution in [-0.4, -0.2) is 21.6 Å². The molecule has 2 aromatic carbocycles. The van der Waals surface area contributed by atoms with E-state index in [0.717, 1.165) is 11.3 Å². The number of fused-ring (bicyclic) bond motifs is 1. The Labute approximate surface area is 155 Å². The number of amides is 2. The zero-order valence-electron chi connectivity index (χ0n) is 14.3. The molecule has 2 amide bonds. The summed E-state index contributed by atoms with van der Waals surface area (Å²) in [5, 5.41) is 19.0. The largest absolute Gasteiger partial charge is 0.365 e. The quantitative estimate of drug-likeness (QED) is 0.697. The number of nitrogens with one attached hydrogen (secondary N) is 2. The molecule has 2 heterocycles. The summed E-state index contributed by atoms with van der Waals surface area (Å²) in [5.41, 5.74) is 3.16. The van der Waals surface area contributed by atoms with Gasteiger partial charge in [0.15, 0.2) is 0 Å². The lowest BCUT2D eigenvalue weighted by Gasteiger charge is -2.14. The van der Waals surface area contributed by atoms with Gasteiger partial charge in [0, 0.05) is 6.54 Å². The molecule has 7 nitrogen and oxygen atoms in total. The number of benzene rings is 2. The van der Waals surface area contributed by atoms with Gasteiger partial charge in [0.1, 0.15) is 11.4 Å². The third-order valence-corrected chi connectivity index (χ3v) is 4.31. The summed E-state index contributed by atoms with van der Waals surface area (Å²) in [5.74, 6) is -0.278. The number of nitriles is 1. The number of nitrogens with zero attached hydrogens (tertiary/aromatic N) is 3. The van der Waals surface area contributed by atoms with Crippen molar-refractivity contribution < 1.29 is 9.59 Å². The molecule has 0 atom stereocenters. The summed E-state index contributed by atoms with van der Waals surface area (Å²) < 4.78 is 1.65. The predicted molar refractivity (Wildman–Crippen MR) is 98.2 cm³/mol. The van der Waals surface area contributed by atoms with Crippen LogP contribution >= 0.6 is 0 Å². The van der Waals surface area contributed by atoms with E-state index in [0.29, 0.717) is 29.2 Å². The number of hydrogen-bond donors (Lipinski definition) is 2. The minimum Gasteiger partial charge on any atom is -0.365 e. The Morgan fingerprint density at radius 2 is 1.85 bits per heavy atom. The van der Waals surface area contributed by atoms with Crippen LogP contribution in [0.2, 0.25) is 0 Å². The lowest BCUT2D eigenvalue weighted by atomic mass is 10.1. The van der Waals surface area contributed by atoms with Gasteiger partial charge in [-0.05, 0) is 29.8 Å². The summed E-state index contributed by atoms with van der Waals surface area (Å²) in [6.45, 7) is 0.442. The summed E-state index contributed by atoms with van der Waals surface area (Å²) in [6.07, 6.45) is 0.0620. The van der Waals surface area contributed by atoms with Gasteiger partial charge in [-0.1, -0.05) is 30.3 Å².